The predicted octanol–water partition coefficient (Wildman–Crippen LogP) is 5.51. The lowest BCUT2D eigenvalue weighted by Crippen LogP contribution is -2.30. The number of anilines is 2. The Morgan fingerprint density at radius 3 is 2.44 bits per heavy atom. The maximum Gasteiger partial charge on any atom is 0.294 e. The number of nitro benzene ring substituents is 1. The van der Waals surface area contributed by atoms with Crippen LogP contribution >= 0.6 is 0 Å². The fraction of sp³-hybridized carbons (Fsp3) is 0.296. The highest BCUT2D eigenvalue weighted by atomic mass is 16.6. The molecule has 0 spiro atoms. The first-order valence-electron chi connectivity index (χ1n) is 11.7. The molecule has 7 nitrogen and oxygen atoms in total. The van der Waals surface area contributed by atoms with Gasteiger partial charge in [-0.2, -0.15) is 0 Å². The monoisotopic (exact) mass is 456 g/mol. The van der Waals surface area contributed by atoms with Gasteiger partial charge in [0, 0.05) is 48.7 Å². The van der Waals surface area contributed by atoms with E-state index in [0.717, 1.165) is 59.8 Å². The van der Waals surface area contributed by atoms with Crippen LogP contribution in [0.4, 0.5) is 17.1 Å². The Bertz CT molecular complexity index is 1330. The first-order chi connectivity index (χ1) is 16.4. The number of nitrogens with zero attached hydrogens (tertiary/aromatic N) is 4. The number of rotatable bonds is 4. The SMILES string of the molecule is Cc1cc(/C=C2/C(=O)N(C)c3ccccc32)c(C)n1-c1ccc(N2CCCCC2)c([N+](=O)[O-])c1. The zero-order valence-corrected chi connectivity index (χ0v) is 19.7. The Labute approximate surface area is 199 Å². The van der Waals surface area contributed by atoms with E-state index < -0.39 is 0 Å². The number of nitro groups is 1. The van der Waals surface area contributed by atoms with Crippen molar-refractivity contribution in [2.24, 2.45) is 0 Å². The summed E-state index contributed by atoms with van der Waals surface area (Å²) in [4.78, 5) is 28.4. The maximum absolute atomic E-state index is 12.9. The van der Waals surface area contributed by atoms with Gasteiger partial charge in [0.05, 0.1) is 16.3 Å². The predicted molar refractivity (Wildman–Crippen MR) is 136 cm³/mol. The molecule has 2 aliphatic rings. The molecule has 5 rings (SSSR count). The Hall–Kier alpha value is -3.87. The van der Waals surface area contributed by atoms with Crippen LogP contribution in [0, 0.1) is 24.0 Å². The van der Waals surface area contributed by atoms with Crippen molar-refractivity contribution in [1.82, 2.24) is 4.57 Å². The van der Waals surface area contributed by atoms with Gasteiger partial charge in [-0.3, -0.25) is 14.9 Å². The average molecular weight is 457 g/mol. The van der Waals surface area contributed by atoms with Gasteiger partial charge in [0.25, 0.3) is 11.6 Å². The van der Waals surface area contributed by atoms with Crippen LogP contribution in [0.1, 0.15) is 41.8 Å². The fourth-order valence-corrected chi connectivity index (χ4v) is 5.22. The number of hydrogen-bond acceptors (Lipinski definition) is 4. The number of aromatic nitrogens is 1. The van der Waals surface area contributed by atoms with E-state index in [9.17, 15) is 14.9 Å². The molecule has 0 N–H and O–H groups in total. The van der Waals surface area contributed by atoms with Crippen molar-refractivity contribution < 1.29 is 9.72 Å². The number of piperidine rings is 1. The average Bonchev–Trinajstić information content (AvgIpc) is 3.26. The number of carbonyl (C=O) groups is 1. The number of likely N-dealkylation sites (N-methyl/N-ethyl adjacent to an activating group) is 1. The lowest BCUT2D eigenvalue weighted by atomic mass is 10.0. The molecule has 0 bridgehead atoms. The number of fused-ring (bicyclic) bond motifs is 1. The smallest absolute Gasteiger partial charge is 0.294 e. The number of amides is 1. The third-order valence-corrected chi connectivity index (χ3v) is 6.97. The third kappa shape index (κ3) is 3.57. The van der Waals surface area contributed by atoms with E-state index >= 15 is 0 Å². The highest BCUT2D eigenvalue weighted by Gasteiger charge is 2.29. The molecule has 7 heteroatoms. The van der Waals surface area contributed by atoms with Gasteiger partial charge in [-0.25, -0.2) is 0 Å². The summed E-state index contributed by atoms with van der Waals surface area (Å²) in [6, 6.07) is 15.3. The lowest BCUT2D eigenvalue weighted by molar-refractivity contribution is -0.384. The number of aryl methyl sites for hydroxylation is 1. The molecule has 174 valence electrons. The zero-order valence-electron chi connectivity index (χ0n) is 19.7. The molecule has 1 saturated heterocycles. The first-order valence-corrected chi connectivity index (χ1v) is 11.7. The molecular formula is C27H28N4O3. The van der Waals surface area contributed by atoms with Gasteiger partial charge >= 0.3 is 0 Å². The van der Waals surface area contributed by atoms with E-state index in [1.165, 1.54) is 6.42 Å². The highest BCUT2D eigenvalue weighted by molar-refractivity contribution is 6.35. The molecule has 1 aromatic heterocycles. The maximum atomic E-state index is 12.9. The van der Waals surface area contributed by atoms with E-state index in [-0.39, 0.29) is 16.5 Å². The minimum absolute atomic E-state index is 0.0347. The Balaban J connectivity index is 1.57. The molecule has 3 heterocycles. The van der Waals surface area contributed by atoms with Crippen LogP contribution in [0.5, 0.6) is 0 Å². The molecule has 2 aromatic carbocycles. The summed E-state index contributed by atoms with van der Waals surface area (Å²) in [7, 11) is 1.79. The minimum Gasteiger partial charge on any atom is -0.366 e. The topological polar surface area (TPSA) is 71.6 Å². The summed E-state index contributed by atoms with van der Waals surface area (Å²) in [5.74, 6) is -0.0347. The molecule has 3 aromatic rings. The number of para-hydroxylation sites is 1. The van der Waals surface area contributed by atoms with Crippen molar-refractivity contribution >= 4 is 34.6 Å². The van der Waals surface area contributed by atoms with Crippen LogP contribution < -0.4 is 9.80 Å². The van der Waals surface area contributed by atoms with E-state index in [2.05, 4.69) is 4.90 Å². The van der Waals surface area contributed by atoms with Crippen molar-refractivity contribution in [3.05, 3.63) is 81.2 Å². The normalized spacial score (nSPS) is 16.9. The second-order valence-electron chi connectivity index (χ2n) is 9.08. The van der Waals surface area contributed by atoms with E-state index in [1.54, 1.807) is 18.0 Å². The van der Waals surface area contributed by atoms with Gasteiger partial charge in [0.2, 0.25) is 0 Å². The summed E-state index contributed by atoms with van der Waals surface area (Å²) in [5, 5.41) is 12.0. The van der Waals surface area contributed by atoms with Crippen LogP contribution in [0.2, 0.25) is 0 Å². The summed E-state index contributed by atoms with van der Waals surface area (Å²) >= 11 is 0. The fourth-order valence-electron chi connectivity index (χ4n) is 5.22. The van der Waals surface area contributed by atoms with Gasteiger partial charge in [0.1, 0.15) is 5.69 Å². The summed E-state index contributed by atoms with van der Waals surface area (Å²) in [6.45, 7) is 5.67. The minimum atomic E-state index is -0.283. The van der Waals surface area contributed by atoms with Gasteiger partial charge < -0.3 is 14.4 Å². The van der Waals surface area contributed by atoms with Crippen LogP contribution in [0.25, 0.3) is 17.3 Å². The zero-order chi connectivity index (χ0) is 24.0. The molecular weight excluding hydrogens is 428 g/mol. The summed E-state index contributed by atoms with van der Waals surface area (Å²) in [6.07, 6.45) is 5.22. The molecule has 34 heavy (non-hydrogen) atoms. The lowest BCUT2D eigenvalue weighted by Gasteiger charge is -2.28. The largest absolute Gasteiger partial charge is 0.366 e. The highest BCUT2D eigenvalue weighted by Crippen LogP contribution is 2.38. The van der Waals surface area contributed by atoms with Crippen LogP contribution in [0.15, 0.2) is 48.5 Å². The molecule has 2 aliphatic heterocycles. The Morgan fingerprint density at radius 2 is 1.71 bits per heavy atom. The first kappa shape index (κ1) is 21.9. The quantitative estimate of drug-likeness (QED) is 0.295. The van der Waals surface area contributed by atoms with Crippen molar-refractivity contribution in [3.8, 4) is 5.69 Å². The molecule has 0 aliphatic carbocycles. The van der Waals surface area contributed by atoms with Crippen molar-refractivity contribution in [2.45, 2.75) is 33.1 Å². The molecule has 0 atom stereocenters. The van der Waals surface area contributed by atoms with Crippen LogP contribution in [-0.2, 0) is 4.79 Å². The second kappa shape index (κ2) is 8.48. The third-order valence-electron chi connectivity index (χ3n) is 6.97. The van der Waals surface area contributed by atoms with Gasteiger partial charge in [0.15, 0.2) is 0 Å². The Kier molecular flexibility index (Phi) is 5.48. The number of benzene rings is 2. The van der Waals surface area contributed by atoms with E-state index in [1.807, 2.05) is 67.0 Å². The van der Waals surface area contributed by atoms with Crippen molar-refractivity contribution in [3.63, 3.8) is 0 Å². The molecule has 1 fully saturated rings. The van der Waals surface area contributed by atoms with Crippen molar-refractivity contribution in [1.29, 1.82) is 0 Å². The van der Waals surface area contributed by atoms with Gasteiger partial charge in [-0.15, -0.1) is 0 Å². The summed E-state index contributed by atoms with van der Waals surface area (Å²) < 4.78 is 2.02. The molecule has 0 radical (unpaired) electrons. The van der Waals surface area contributed by atoms with Crippen LogP contribution in [-0.4, -0.2) is 35.5 Å². The summed E-state index contributed by atoms with van der Waals surface area (Å²) in [5.41, 5.74) is 6.86. The molecule has 0 unspecified atom stereocenters. The van der Waals surface area contributed by atoms with Crippen molar-refractivity contribution in [2.75, 3.05) is 29.9 Å². The number of hydrogen-bond donors (Lipinski definition) is 0. The Morgan fingerprint density at radius 1 is 0.971 bits per heavy atom. The standard InChI is InChI=1S/C27H28N4O3/c1-18-15-20(16-23-22-9-5-6-10-24(22)28(3)27(23)32)19(2)30(18)21-11-12-25(26(17-21)31(33)34)29-13-7-4-8-14-29/h5-6,9-12,15-17H,4,7-8,13-14H2,1-3H3/b23-16+. The molecule has 1 amide bonds. The van der Waals surface area contributed by atoms with Crippen LogP contribution in [0.3, 0.4) is 0 Å². The number of carbonyl (C=O) groups excluding carboxylic acids is 1. The second-order valence-corrected chi connectivity index (χ2v) is 9.08. The molecule has 0 saturated carbocycles. The van der Waals surface area contributed by atoms with E-state index in [4.69, 9.17) is 0 Å². The van der Waals surface area contributed by atoms with Gasteiger partial charge in [-0.05, 0) is 69.0 Å². The van der Waals surface area contributed by atoms with E-state index in [0.29, 0.717) is 11.3 Å². The van der Waals surface area contributed by atoms with Gasteiger partial charge in [-0.1, -0.05) is 18.2 Å².